The Bertz CT molecular complexity index is 509. The van der Waals surface area contributed by atoms with Crippen LogP contribution in [0.3, 0.4) is 0 Å². The second-order valence-electron chi connectivity index (χ2n) is 3.44. The molecule has 1 aromatic carbocycles. The lowest BCUT2D eigenvalue weighted by Crippen LogP contribution is -2.15. The number of anilines is 1. The van der Waals surface area contributed by atoms with Crippen LogP contribution in [0.2, 0.25) is 0 Å². The summed E-state index contributed by atoms with van der Waals surface area (Å²) in [5.41, 5.74) is 6.31. The number of rotatable bonds is 3. The van der Waals surface area contributed by atoms with Crippen LogP contribution in [-0.4, -0.2) is 20.2 Å². The molecule has 0 saturated heterocycles. The molecular formula is C10H14N2O3S. The van der Waals surface area contributed by atoms with Crippen molar-refractivity contribution in [3.63, 3.8) is 0 Å². The van der Waals surface area contributed by atoms with E-state index < -0.39 is 15.7 Å². The minimum atomic E-state index is -3.41. The molecule has 6 heteroatoms. The van der Waals surface area contributed by atoms with Gasteiger partial charge in [0, 0.05) is 12.6 Å². The molecule has 0 aliphatic rings. The second kappa shape index (κ2) is 4.63. The van der Waals surface area contributed by atoms with E-state index in [0.29, 0.717) is 11.3 Å². The Balaban J connectivity index is 3.15. The normalized spacial score (nSPS) is 11.2. The van der Waals surface area contributed by atoms with Gasteiger partial charge in [0.1, 0.15) is 5.88 Å². The van der Waals surface area contributed by atoms with E-state index in [2.05, 4.69) is 5.32 Å². The Morgan fingerprint density at radius 2 is 2.06 bits per heavy atom. The lowest BCUT2D eigenvalue weighted by Gasteiger charge is -2.08. The molecule has 16 heavy (non-hydrogen) atoms. The predicted molar refractivity (Wildman–Crippen MR) is 61.7 cm³/mol. The van der Waals surface area contributed by atoms with E-state index in [1.807, 2.05) is 0 Å². The first-order valence-corrected chi connectivity index (χ1v) is 6.33. The Labute approximate surface area is 94.6 Å². The van der Waals surface area contributed by atoms with E-state index in [9.17, 15) is 13.2 Å². The third-order valence-electron chi connectivity index (χ3n) is 2.05. The van der Waals surface area contributed by atoms with Crippen LogP contribution in [0.15, 0.2) is 23.1 Å². The van der Waals surface area contributed by atoms with Crippen LogP contribution in [0.25, 0.3) is 0 Å². The van der Waals surface area contributed by atoms with Gasteiger partial charge in [0.25, 0.3) is 0 Å². The third-order valence-corrected chi connectivity index (χ3v) is 3.62. The van der Waals surface area contributed by atoms with Crippen molar-refractivity contribution in [2.75, 3.05) is 11.2 Å². The molecule has 1 aromatic rings. The molecule has 5 nitrogen and oxygen atoms in total. The van der Waals surface area contributed by atoms with Gasteiger partial charge < -0.3 is 11.1 Å². The van der Waals surface area contributed by atoms with Crippen molar-refractivity contribution in [1.29, 1.82) is 0 Å². The molecule has 0 unspecified atom stereocenters. The van der Waals surface area contributed by atoms with Crippen LogP contribution < -0.4 is 11.1 Å². The van der Waals surface area contributed by atoms with Gasteiger partial charge >= 0.3 is 0 Å². The van der Waals surface area contributed by atoms with Gasteiger partial charge in [0.2, 0.25) is 5.91 Å². The number of nitrogens with one attached hydrogen (secondary N) is 1. The van der Waals surface area contributed by atoms with Crippen molar-refractivity contribution in [3.8, 4) is 0 Å². The lowest BCUT2D eigenvalue weighted by atomic mass is 10.2. The number of amides is 1. The Hall–Kier alpha value is -1.40. The minimum Gasteiger partial charge on any atom is -0.326 e. The van der Waals surface area contributed by atoms with Gasteiger partial charge in [-0.05, 0) is 30.7 Å². The molecule has 0 aliphatic carbocycles. The van der Waals surface area contributed by atoms with Gasteiger partial charge in [-0.3, -0.25) is 4.79 Å². The van der Waals surface area contributed by atoms with Crippen LogP contribution in [0.5, 0.6) is 0 Å². The summed E-state index contributed by atoms with van der Waals surface area (Å²) in [4.78, 5) is 11.0. The van der Waals surface area contributed by atoms with Gasteiger partial charge in [0.05, 0.1) is 4.90 Å². The Kier molecular flexibility index (Phi) is 3.66. The minimum absolute atomic E-state index is 0.198. The number of sulfone groups is 1. The first-order valence-electron chi connectivity index (χ1n) is 4.68. The molecule has 0 bridgehead atoms. The highest BCUT2D eigenvalue weighted by molar-refractivity contribution is 7.91. The summed E-state index contributed by atoms with van der Waals surface area (Å²) < 4.78 is 23.1. The standard InChI is InChI=1S/C10H14N2O3S/c1-7-5-9(12-8(2)13)3-4-10(7)16(14,15)6-11/h3-5H,6,11H2,1-2H3,(H,12,13). The first-order chi connectivity index (χ1) is 7.36. The molecule has 0 aromatic heterocycles. The molecule has 88 valence electrons. The van der Waals surface area contributed by atoms with Crippen molar-refractivity contribution >= 4 is 21.4 Å². The molecule has 0 aliphatic heterocycles. The van der Waals surface area contributed by atoms with E-state index in [1.54, 1.807) is 13.0 Å². The zero-order valence-electron chi connectivity index (χ0n) is 9.15. The maximum atomic E-state index is 11.5. The lowest BCUT2D eigenvalue weighted by molar-refractivity contribution is -0.114. The zero-order valence-corrected chi connectivity index (χ0v) is 9.97. The van der Waals surface area contributed by atoms with Gasteiger partial charge in [-0.2, -0.15) is 0 Å². The van der Waals surface area contributed by atoms with E-state index in [4.69, 9.17) is 5.73 Å². The van der Waals surface area contributed by atoms with Crippen LogP contribution in [0.4, 0.5) is 5.69 Å². The molecule has 1 amide bonds. The summed E-state index contributed by atoms with van der Waals surface area (Å²) in [6.07, 6.45) is 0. The fourth-order valence-corrected chi connectivity index (χ4v) is 2.37. The molecular weight excluding hydrogens is 228 g/mol. The fraction of sp³-hybridized carbons (Fsp3) is 0.300. The van der Waals surface area contributed by atoms with Crippen LogP contribution in [0, 0.1) is 6.92 Å². The smallest absolute Gasteiger partial charge is 0.221 e. The van der Waals surface area contributed by atoms with Crippen LogP contribution >= 0.6 is 0 Å². The highest BCUT2D eigenvalue weighted by Crippen LogP contribution is 2.20. The monoisotopic (exact) mass is 242 g/mol. The number of nitrogens with two attached hydrogens (primary N) is 1. The van der Waals surface area contributed by atoms with E-state index >= 15 is 0 Å². The van der Waals surface area contributed by atoms with Crippen molar-refractivity contribution in [2.45, 2.75) is 18.7 Å². The summed E-state index contributed by atoms with van der Waals surface area (Å²) in [7, 11) is -3.41. The second-order valence-corrected chi connectivity index (χ2v) is 5.45. The predicted octanol–water partition coefficient (Wildman–Crippen LogP) is 0.643. The SMILES string of the molecule is CC(=O)Nc1ccc(S(=O)(=O)CN)c(C)c1. The summed E-state index contributed by atoms with van der Waals surface area (Å²) in [5.74, 6) is -0.623. The van der Waals surface area contributed by atoms with Crippen LogP contribution in [0.1, 0.15) is 12.5 Å². The number of carbonyl (C=O) groups excluding carboxylic acids is 1. The zero-order chi connectivity index (χ0) is 12.3. The maximum absolute atomic E-state index is 11.5. The number of hydrogen-bond donors (Lipinski definition) is 2. The number of carbonyl (C=O) groups is 1. The molecule has 0 heterocycles. The highest BCUT2D eigenvalue weighted by atomic mass is 32.2. The largest absolute Gasteiger partial charge is 0.326 e. The average molecular weight is 242 g/mol. The number of benzene rings is 1. The highest BCUT2D eigenvalue weighted by Gasteiger charge is 2.14. The van der Waals surface area contributed by atoms with E-state index in [0.717, 1.165) is 0 Å². The fourth-order valence-electron chi connectivity index (χ4n) is 1.37. The topological polar surface area (TPSA) is 89.3 Å². The third kappa shape index (κ3) is 2.80. The summed E-state index contributed by atoms with van der Waals surface area (Å²) in [5, 5.41) is 2.58. The van der Waals surface area contributed by atoms with E-state index in [1.165, 1.54) is 19.1 Å². The van der Waals surface area contributed by atoms with Gasteiger partial charge in [-0.15, -0.1) is 0 Å². The maximum Gasteiger partial charge on any atom is 0.221 e. The molecule has 0 spiro atoms. The summed E-state index contributed by atoms with van der Waals surface area (Å²) in [6, 6.07) is 4.59. The first kappa shape index (κ1) is 12.7. The molecule has 1 rings (SSSR count). The van der Waals surface area contributed by atoms with Gasteiger partial charge in [-0.25, -0.2) is 8.42 Å². The molecule has 0 fully saturated rings. The number of aryl methyl sites for hydroxylation is 1. The summed E-state index contributed by atoms with van der Waals surface area (Å²) >= 11 is 0. The average Bonchev–Trinajstić information content (AvgIpc) is 2.16. The Morgan fingerprint density at radius 1 is 1.44 bits per heavy atom. The van der Waals surface area contributed by atoms with Crippen molar-refractivity contribution in [1.82, 2.24) is 0 Å². The van der Waals surface area contributed by atoms with Gasteiger partial charge in [-0.1, -0.05) is 0 Å². The molecule has 0 saturated carbocycles. The molecule has 0 radical (unpaired) electrons. The van der Waals surface area contributed by atoms with Gasteiger partial charge in [0.15, 0.2) is 9.84 Å². The van der Waals surface area contributed by atoms with Crippen molar-refractivity contribution in [3.05, 3.63) is 23.8 Å². The Morgan fingerprint density at radius 3 is 2.50 bits per heavy atom. The van der Waals surface area contributed by atoms with Crippen molar-refractivity contribution in [2.24, 2.45) is 5.73 Å². The summed E-state index contributed by atoms with van der Waals surface area (Å²) in [6.45, 7) is 3.05. The van der Waals surface area contributed by atoms with Crippen LogP contribution in [-0.2, 0) is 14.6 Å². The molecule has 0 atom stereocenters. The van der Waals surface area contributed by atoms with E-state index in [-0.39, 0.29) is 10.8 Å². The quantitative estimate of drug-likeness (QED) is 0.814. The molecule has 3 N–H and O–H groups in total. The number of hydrogen-bond acceptors (Lipinski definition) is 4. The van der Waals surface area contributed by atoms with Crippen molar-refractivity contribution < 1.29 is 13.2 Å².